The smallest absolute Gasteiger partial charge is 0.126 e. The second kappa shape index (κ2) is 6.75. The molecule has 2 aliphatic heterocycles. The summed E-state index contributed by atoms with van der Waals surface area (Å²) in [5.74, 6) is 5.59. The number of aryl methyl sites for hydroxylation is 1. The maximum atomic E-state index is 5.70. The molecule has 134 valence electrons. The van der Waals surface area contributed by atoms with E-state index in [1.165, 1.54) is 38.0 Å². The van der Waals surface area contributed by atoms with Crippen LogP contribution >= 0.6 is 0 Å². The number of nitrogens with zero attached hydrogens (tertiary/aromatic N) is 4. The van der Waals surface area contributed by atoms with Crippen LogP contribution in [0.5, 0.6) is 0 Å². The molecule has 3 heterocycles. The average molecular weight is 341 g/mol. The molecule has 1 aliphatic carbocycles. The number of aromatic nitrogens is 1. The van der Waals surface area contributed by atoms with Crippen LogP contribution in [0, 0.1) is 12.3 Å². The Morgan fingerprint density at radius 2 is 2.28 bits per heavy atom. The van der Waals surface area contributed by atoms with Gasteiger partial charge in [-0.25, -0.2) is 0 Å². The Kier molecular flexibility index (Phi) is 4.46. The molecule has 3 aliphatic rings. The van der Waals surface area contributed by atoms with E-state index in [1.54, 1.807) is 6.21 Å². The highest BCUT2D eigenvalue weighted by Crippen LogP contribution is 2.53. The molecule has 25 heavy (non-hydrogen) atoms. The number of pyridine rings is 1. The van der Waals surface area contributed by atoms with Gasteiger partial charge >= 0.3 is 0 Å². The van der Waals surface area contributed by atoms with Crippen molar-refractivity contribution < 1.29 is 4.74 Å². The normalized spacial score (nSPS) is 25.4. The molecule has 1 saturated carbocycles. The van der Waals surface area contributed by atoms with E-state index in [9.17, 15) is 0 Å². The fraction of sp³-hybridized carbons (Fsp3) is 0.632. The van der Waals surface area contributed by atoms with Gasteiger partial charge in [0.1, 0.15) is 5.71 Å². The zero-order valence-electron chi connectivity index (χ0n) is 14.9. The predicted molar refractivity (Wildman–Crippen MR) is 101 cm³/mol. The Morgan fingerprint density at radius 1 is 1.44 bits per heavy atom. The zero-order chi connectivity index (χ0) is 17.3. The van der Waals surface area contributed by atoms with Gasteiger partial charge in [0.25, 0.3) is 0 Å². The standard InChI is InChI=1S/C19H27N5O/c1-14-8-15(24-12-19(13-24)5-6-19)9-22-18(14)17(23-20)11-21-10-16-4-2-3-7-25-16/h8-9,11,16H,2-7,10,12-13,20H2,1H3/b21-11?,23-17+. The summed E-state index contributed by atoms with van der Waals surface area (Å²) < 4.78 is 5.70. The van der Waals surface area contributed by atoms with Crippen molar-refractivity contribution >= 4 is 17.6 Å². The molecule has 1 aromatic rings. The van der Waals surface area contributed by atoms with Crippen molar-refractivity contribution in [2.24, 2.45) is 21.4 Å². The lowest BCUT2D eigenvalue weighted by molar-refractivity contribution is 0.0226. The van der Waals surface area contributed by atoms with Crippen molar-refractivity contribution in [1.82, 2.24) is 4.98 Å². The van der Waals surface area contributed by atoms with E-state index in [2.05, 4.69) is 33.0 Å². The van der Waals surface area contributed by atoms with E-state index in [-0.39, 0.29) is 6.10 Å². The van der Waals surface area contributed by atoms with Crippen molar-refractivity contribution in [3.05, 3.63) is 23.5 Å². The highest BCUT2D eigenvalue weighted by Gasteiger charge is 2.52. The molecule has 0 radical (unpaired) electrons. The molecule has 1 unspecified atom stereocenters. The molecular formula is C19H27N5O. The van der Waals surface area contributed by atoms with Gasteiger partial charge in [-0.2, -0.15) is 5.10 Å². The fourth-order valence-electron chi connectivity index (χ4n) is 3.80. The number of hydrogen-bond donors (Lipinski definition) is 1. The average Bonchev–Trinajstić information content (AvgIpc) is 3.40. The van der Waals surface area contributed by atoms with Crippen LogP contribution in [0.1, 0.15) is 43.4 Å². The van der Waals surface area contributed by atoms with Crippen molar-refractivity contribution in [2.75, 3.05) is 31.1 Å². The van der Waals surface area contributed by atoms with Crippen molar-refractivity contribution in [3.8, 4) is 0 Å². The zero-order valence-corrected chi connectivity index (χ0v) is 14.9. The van der Waals surface area contributed by atoms with Crippen LogP contribution in [0.3, 0.4) is 0 Å². The Balaban J connectivity index is 1.40. The number of nitrogens with two attached hydrogens (primary N) is 1. The van der Waals surface area contributed by atoms with Crippen LogP contribution in [0.4, 0.5) is 5.69 Å². The molecule has 6 heteroatoms. The van der Waals surface area contributed by atoms with Crippen LogP contribution < -0.4 is 10.7 Å². The highest BCUT2D eigenvalue weighted by molar-refractivity contribution is 6.37. The molecule has 6 nitrogen and oxygen atoms in total. The number of anilines is 1. The molecule has 0 aromatic carbocycles. The lowest BCUT2D eigenvalue weighted by Crippen LogP contribution is -2.48. The third-order valence-corrected chi connectivity index (χ3v) is 5.62. The number of rotatable bonds is 5. The number of aliphatic imine (C=N–C) groups is 1. The van der Waals surface area contributed by atoms with Gasteiger partial charge in [0.15, 0.2) is 0 Å². The van der Waals surface area contributed by atoms with Crippen LogP contribution in [0.25, 0.3) is 0 Å². The summed E-state index contributed by atoms with van der Waals surface area (Å²) in [6, 6.07) is 2.18. The molecular weight excluding hydrogens is 314 g/mol. The first-order chi connectivity index (χ1) is 12.2. The lowest BCUT2D eigenvalue weighted by atomic mass is 9.96. The Hall–Kier alpha value is -1.95. The van der Waals surface area contributed by atoms with E-state index in [1.807, 2.05) is 6.20 Å². The predicted octanol–water partition coefficient (Wildman–Crippen LogP) is 2.29. The summed E-state index contributed by atoms with van der Waals surface area (Å²) in [6.45, 7) is 5.91. The first-order valence-corrected chi connectivity index (χ1v) is 9.30. The van der Waals surface area contributed by atoms with Crippen LogP contribution in [0.15, 0.2) is 22.4 Å². The topological polar surface area (TPSA) is 76.1 Å². The maximum Gasteiger partial charge on any atom is 0.126 e. The minimum atomic E-state index is 0.224. The third kappa shape index (κ3) is 3.54. The van der Waals surface area contributed by atoms with Crippen molar-refractivity contribution in [3.63, 3.8) is 0 Å². The number of hydrazone groups is 1. The summed E-state index contributed by atoms with van der Waals surface area (Å²) >= 11 is 0. The molecule has 1 atom stereocenters. The molecule has 2 saturated heterocycles. The number of hydrogen-bond acceptors (Lipinski definition) is 6. The van der Waals surface area contributed by atoms with Gasteiger partial charge in [-0.3, -0.25) is 9.98 Å². The summed E-state index contributed by atoms with van der Waals surface area (Å²) in [5.41, 5.74) is 4.36. The SMILES string of the molecule is Cc1cc(N2CC3(CC3)C2)cnc1/C(C=NCC1CCCCO1)=N/N. The lowest BCUT2D eigenvalue weighted by Gasteiger charge is -2.41. The third-order valence-electron chi connectivity index (χ3n) is 5.62. The van der Waals surface area contributed by atoms with Crippen molar-refractivity contribution in [1.29, 1.82) is 0 Å². The van der Waals surface area contributed by atoms with Gasteiger partial charge in [-0.15, -0.1) is 0 Å². The minimum absolute atomic E-state index is 0.224. The van der Waals surface area contributed by atoms with E-state index >= 15 is 0 Å². The first-order valence-electron chi connectivity index (χ1n) is 9.30. The first kappa shape index (κ1) is 16.5. The second-order valence-electron chi connectivity index (χ2n) is 7.71. The largest absolute Gasteiger partial charge is 0.376 e. The van der Waals surface area contributed by atoms with E-state index < -0.39 is 0 Å². The summed E-state index contributed by atoms with van der Waals surface area (Å²) in [4.78, 5) is 11.5. The van der Waals surface area contributed by atoms with Crippen LogP contribution in [-0.4, -0.2) is 49.3 Å². The van der Waals surface area contributed by atoms with E-state index in [0.29, 0.717) is 17.7 Å². The van der Waals surface area contributed by atoms with Gasteiger partial charge in [-0.1, -0.05) is 0 Å². The molecule has 1 spiro atoms. The summed E-state index contributed by atoms with van der Waals surface area (Å²) in [5, 5.41) is 3.89. The van der Waals surface area contributed by atoms with Gasteiger partial charge in [0.05, 0.1) is 36.4 Å². The van der Waals surface area contributed by atoms with Crippen molar-refractivity contribution in [2.45, 2.75) is 45.1 Å². The molecule has 2 N–H and O–H groups in total. The molecule has 4 rings (SSSR count). The van der Waals surface area contributed by atoms with Crippen LogP contribution in [-0.2, 0) is 4.74 Å². The minimum Gasteiger partial charge on any atom is -0.376 e. The van der Waals surface area contributed by atoms with Gasteiger partial charge in [0, 0.05) is 25.1 Å². The second-order valence-corrected chi connectivity index (χ2v) is 7.71. The molecule has 0 bridgehead atoms. The molecule has 0 amide bonds. The highest BCUT2D eigenvalue weighted by atomic mass is 16.5. The Morgan fingerprint density at radius 3 is 2.92 bits per heavy atom. The van der Waals surface area contributed by atoms with E-state index in [0.717, 1.165) is 30.7 Å². The van der Waals surface area contributed by atoms with Gasteiger partial charge in [-0.05, 0) is 50.7 Å². The van der Waals surface area contributed by atoms with Gasteiger partial charge in [0.2, 0.25) is 0 Å². The molecule has 3 fully saturated rings. The fourth-order valence-corrected chi connectivity index (χ4v) is 3.80. The Bertz CT molecular complexity index is 681. The number of ether oxygens (including phenoxy) is 1. The van der Waals surface area contributed by atoms with E-state index in [4.69, 9.17) is 10.6 Å². The van der Waals surface area contributed by atoms with Gasteiger partial charge < -0.3 is 15.5 Å². The quantitative estimate of drug-likeness (QED) is 0.506. The Labute approximate surface area is 149 Å². The maximum absolute atomic E-state index is 5.70. The van der Waals surface area contributed by atoms with Crippen LogP contribution in [0.2, 0.25) is 0 Å². The monoisotopic (exact) mass is 341 g/mol. The molecule has 1 aromatic heterocycles. The summed E-state index contributed by atoms with van der Waals surface area (Å²) in [7, 11) is 0. The summed E-state index contributed by atoms with van der Waals surface area (Å²) in [6.07, 6.45) is 10.1.